The Labute approximate surface area is 143 Å². The number of carbonyl (C=O) groups is 1. The van der Waals surface area contributed by atoms with E-state index >= 15 is 0 Å². The lowest BCUT2D eigenvalue weighted by Crippen LogP contribution is -2.30. The number of benzene rings is 2. The number of carbonyl (C=O) groups excluding carboxylic acids is 1. The van der Waals surface area contributed by atoms with E-state index in [1.54, 1.807) is 17.2 Å². The Balaban J connectivity index is 1.73. The van der Waals surface area contributed by atoms with Crippen molar-refractivity contribution in [2.75, 3.05) is 4.90 Å². The first kappa shape index (κ1) is 14.7. The second-order valence-corrected chi connectivity index (χ2v) is 6.28. The van der Waals surface area contributed by atoms with Gasteiger partial charge in [0.25, 0.3) is 5.91 Å². The molecule has 0 fully saturated rings. The highest BCUT2D eigenvalue weighted by Gasteiger charge is 2.22. The van der Waals surface area contributed by atoms with Crippen LogP contribution in [0.2, 0.25) is 0 Å². The van der Waals surface area contributed by atoms with Crippen molar-refractivity contribution >= 4 is 33.9 Å². The van der Waals surface area contributed by atoms with E-state index < -0.39 is 0 Å². The van der Waals surface area contributed by atoms with Gasteiger partial charge in [-0.2, -0.15) is 0 Å². The normalized spacial score (nSPS) is 10.8. The van der Waals surface area contributed by atoms with E-state index in [4.69, 9.17) is 4.42 Å². The Hall–Kier alpha value is -2.92. The van der Waals surface area contributed by atoms with Gasteiger partial charge in [0.1, 0.15) is 10.6 Å². The van der Waals surface area contributed by atoms with Gasteiger partial charge in [-0.1, -0.05) is 36.4 Å². The summed E-state index contributed by atoms with van der Waals surface area (Å²) >= 11 is 1.53. The van der Waals surface area contributed by atoms with Crippen LogP contribution in [0.4, 0.5) is 5.69 Å². The number of nitrogens with zero attached hydrogens (tertiary/aromatic N) is 2. The first-order valence-corrected chi connectivity index (χ1v) is 8.43. The van der Waals surface area contributed by atoms with Gasteiger partial charge in [-0.05, 0) is 24.3 Å². The largest absolute Gasteiger partial charge is 0.451 e. The highest BCUT2D eigenvalue weighted by atomic mass is 32.1. The minimum absolute atomic E-state index is 0.174. The summed E-state index contributed by atoms with van der Waals surface area (Å²) in [5, 5.41) is 3.70. The monoisotopic (exact) mass is 334 g/mol. The molecule has 0 radical (unpaired) electrons. The first-order chi connectivity index (χ1) is 11.8. The third-order valence-corrected chi connectivity index (χ3v) is 4.49. The highest BCUT2D eigenvalue weighted by molar-refractivity contribution is 7.09. The van der Waals surface area contributed by atoms with E-state index in [1.807, 2.05) is 60.0 Å². The maximum Gasteiger partial charge on any atom is 0.294 e. The second-order valence-electron chi connectivity index (χ2n) is 5.30. The molecule has 0 aliphatic carbocycles. The molecule has 0 saturated heterocycles. The molecule has 0 aliphatic heterocycles. The molecule has 0 N–H and O–H groups in total. The third-order valence-electron chi connectivity index (χ3n) is 3.73. The Kier molecular flexibility index (Phi) is 3.84. The summed E-state index contributed by atoms with van der Waals surface area (Å²) in [5.74, 6) is 0.157. The molecule has 4 rings (SSSR count). The van der Waals surface area contributed by atoms with Crippen LogP contribution in [0, 0.1) is 0 Å². The Morgan fingerprint density at radius 2 is 1.88 bits per heavy atom. The van der Waals surface area contributed by atoms with E-state index in [0.29, 0.717) is 17.9 Å². The predicted molar refractivity (Wildman–Crippen MR) is 95.3 cm³/mol. The molecule has 0 bridgehead atoms. The van der Waals surface area contributed by atoms with Crippen molar-refractivity contribution in [3.63, 3.8) is 0 Å². The van der Waals surface area contributed by atoms with E-state index in [-0.39, 0.29) is 5.91 Å². The molecule has 24 heavy (non-hydrogen) atoms. The van der Waals surface area contributed by atoms with Crippen molar-refractivity contribution < 1.29 is 9.21 Å². The lowest BCUT2D eigenvalue weighted by atomic mass is 10.2. The minimum atomic E-state index is -0.174. The number of fused-ring (bicyclic) bond motifs is 1. The van der Waals surface area contributed by atoms with Crippen molar-refractivity contribution in [2.45, 2.75) is 6.54 Å². The zero-order valence-corrected chi connectivity index (χ0v) is 13.6. The molecule has 1 amide bonds. The molecule has 0 saturated carbocycles. The lowest BCUT2D eigenvalue weighted by molar-refractivity contribution is 0.0960. The Morgan fingerprint density at radius 1 is 1.08 bits per heavy atom. The van der Waals surface area contributed by atoms with Gasteiger partial charge in [0.05, 0.1) is 6.54 Å². The molecule has 2 heterocycles. The maximum absolute atomic E-state index is 13.1. The fourth-order valence-electron chi connectivity index (χ4n) is 2.57. The molecule has 4 aromatic rings. The van der Waals surface area contributed by atoms with Gasteiger partial charge in [0, 0.05) is 22.7 Å². The molecule has 4 nitrogen and oxygen atoms in total. The number of hydrogen-bond donors (Lipinski definition) is 0. The van der Waals surface area contributed by atoms with Crippen molar-refractivity contribution in [1.82, 2.24) is 4.98 Å². The number of rotatable bonds is 4. The molecule has 0 unspecified atom stereocenters. The molecule has 0 atom stereocenters. The highest BCUT2D eigenvalue weighted by Crippen LogP contribution is 2.24. The molecule has 2 aromatic heterocycles. The van der Waals surface area contributed by atoms with Crippen molar-refractivity contribution in [2.24, 2.45) is 0 Å². The van der Waals surface area contributed by atoms with Gasteiger partial charge in [0.2, 0.25) is 0 Å². The predicted octanol–water partition coefficient (Wildman–Crippen LogP) is 4.74. The van der Waals surface area contributed by atoms with Crippen LogP contribution in [-0.4, -0.2) is 10.9 Å². The minimum Gasteiger partial charge on any atom is -0.451 e. The van der Waals surface area contributed by atoms with Crippen LogP contribution in [0.1, 0.15) is 15.6 Å². The van der Waals surface area contributed by atoms with Crippen molar-refractivity contribution in [3.8, 4) is 0 Å². The van der Waals surface area contributed by atoms with Gasteiger partial charge < -0.3 is 4.42 Å². The lowest BCUT2D eigenvalue weighted by Gasteiger charge is -2.20. The number of anilines is 1. The summed E-state index contributed by atoms with van der Waals surface area (Å²) in [6.45, 7) is 0.414. The SMILES string of the molecule is O=C(c1cc2ccccc2o1)N(Cc1nccs1)c1ccccc1. The van der Waals surface area contributed by atoms with E-state index in [9.17, 15) is 4.79 Å². The standard InChI is InChI=1S/C19H14N2O2S/c22-19(17-12-14-6-4-5-9-16(14)23-17)21(13-18-20-10-11-24-18)15-7-2-1-3-8-15/h1-12H,13H2. The van der Waals surface area contributed by atoms with Crippen LogP contribution in [0.25, 0.3) is 11.0 Å². The second kappa shape index (κ2) is 6.29. The number of aromatic nitrogens is 1. The smallest absolute Gasteiger partial charge is 0.294 e. The van der Waals surface area contributed by atoms with Crippen molar-refractivity contribution in [3.05, 3.63) is 83.0 Å². The van der Waals surface area contributed by atoms with Gasteiger partial charge >= 0.3 is 0 Å². The van der Waals surface area contributed by atoms with Gasteiger partial charge in [-0.25, -0.2) is 4.98 Å². The van der Waals surface area contributed by atoms with Crippen LogP contribution in [0.3, 0.4) is 0 Å². The average Bonchev–Trinajstić information content (AvgIpc) is 3.29. The summed E-state index contributed by atoms with van der Waals surface area (Å²) in [5.41, 5.74) is 1.53. The van der Waals surface area contributed by atoms with Crippen LogP contribution >= 0.6 is 11.3 Å². The van der Waals surface area contributed by atoms with E-state index in [2.05, 4.69) is 4.98 Å². The molecule has 0 spiro atoms. The number of furan rings is 1. The summed E-state index contributed by atoms with van der Waals surface area (Å²) in [4.78, 5) is 19.0. The Bertz CT molecular complexity index is 928. The van der Waals surface area contributed by atoms with Crippen LogP contribution < -0.4 is 4.90 Å². The molecular formula is C19H14N2O2S. The first-order valence-electron chi connectivity index (χ1n) is 7.55. The fourth-order valence-corrected chi connectivity index (χ4v) is 3.18. The average molecular weight is 334 g/mol. The quantitative estimate of drug-likeness (QED) is 0.542. The Morgan fingerprint density at radius 3 is 2.62 bits per heavy atom. The molecule has 2 aromatic carbocycles. The van der Waals surface area contributed by atoms with E-state index in [0.717, 1.165) is 16.1 Å². The van der Waals surface area contributed by atoms with Crippen molar-refractivity contribution in [1.29, 1.82) is 0 Å². The molecule has 5 heteroatoms. The number of amides is 1. The zero-order chi connectivity index (χ0) is 16.4. The van der Waals surface area contributed by atoms with Crippen LogP contribution in [0.15, 0.2) is 76.7 Å². The summed E-state index contributed by atoms with van der Waals surface area (Å²) < 4.78 is 5.74. The van der Waals surface area contributed by atoms with Crippen LogP contribution in [-0.2, 0) is 6.54 Å². The molecule has 0 aliphatic rings. The van der Waals surface area contributed by atoms with Gasteiger partial charge in [-0.3, -0.25) is 9.69 Å². The maximum atomic E-state index is 13.1. The number of para-hydroxylation sites is 2. The molecular weight excluding hydrogens is 320 g/mol. The summed E-state index contributed by atoms with van der Waals surface area (Å²) in [6, 6.07) is 19.0. The van der Waals surface area contributed by atoms with Crippen LogP contribution in [0.5, 0.6) is 0 Å². The summed E-state index contributed by atoms with van der Waals surface area (Å²) in [7, 11) is 0. The third kappa shape index (κ3) is 2.81. The summed E-state index contributed by atoms with van der Waals surface area (Å²) in [6.07, 6.45) is 1.74. The van der Waals surface area contributed by atoms with E-state index in [1.165, 1.54) is 11.3 Å². The number of hydrogen-bond acceptors (Lipinski definition) is 4. The molecule has 118 valence electrons. The van der Waals surface area contributed by atoms with Gasteiger partial charge in [0.15, 0.2) is 5.76 Å². The zero-order valence-electron chi connectivity index (χ0n) is 12.8. The number of thiazole rings is 1. The van der Waals surface area contributed by atoms with Gasteiger partial charge in [-0.15, -0.1) is 11.3 Å². The fraction of sp³-hybridized carbons (Fsp3) is 0.0526. The topological polar surface area (TPSA) is 46.3 Å².